The molecule has 16 heavy (non-hydrogen) atoms. The highest BCUT2D eigenvalue weighted by Gasteiger charge is 2.18. The van der Waals surface area contributed by atoms with E-state index < -0.39 is 23.7 Å². The number of hydrogen-bond acceptors (Lipinski definition) is 3. The number of Topliss-reactive ketones (excluding diaryl/α,β-unsaturated/α-hetero) is 1. The van der Waals surface area contributed by atoms with Gasteiger partial charge in [0.05, 0.1) is 12.0 Å². The third-order valence-corrected chi connectivity index (χ3v) is 2.13. The maximum absolute atomic E-state index is 13.2. The quantitative estimate of drug-likeness (QED) is 0.574. The highest BCUT2D eigenvalue weighted by Crippen LogP contribution is 2.15. The molecule has 0 aliphatic heterocycles. The van der Waals surface area contributed by atoms with Gasteiger partial charge in [0.15, 0.2) is 23.7 Å². The van der Waals surface area contributed by atoms with Crippen molar-refractivity contribution < 1.29 is 23.0 Å². The fourth-order valence-electron chi connectivity index (χ4n) is 1.24. The van der Waals surface area contributed by atoms with Crippen LogP contribution in [0.5, 0.6) is 0 Å². The van der Waals surface area contributed by atoms with Crippen LogP contribution in [-0.4, -0.2) is 26.3 Å². The van der Waals surface area contributed by atoms with Crippen LogP contribution >= 0.6 is 0 Å². The molecule has 0 saturated carbocycles. The number of benzene rings is 1. The minimum Gasteiger partial charge on any atom is -0.355 e. The first-order valence-corrected chi connectivity index (χ1v) is 4.63. The Kier molecular flexibility index (Phi) is 4.52. The van der Waals surface area contributed by atoms with Crippen LogP contribution in [-0.2, 0) is 9.47 Å². The Morgan fingerprint density at radius 3 is 2.50 bits per heavy atom. The van der Waals surface area contributed by atoms with E-state index in [-0.39, 0.29) is 12.0 Å². The van der Waals surface area contributed by atoms with Crippen molar-refractivity contribution in [3.05, 3.63) is 35.4 Å². The van der Waals surface area contributed by atoms with Crippen LogP contribution in [0.4, 0.5) is 8.78 Å². The van der Waals surface area contributed by atoms with Gasteiger partial charge in [-0.2, -0.15) is 0 Å². The van der Waals surface area contributed by atoms with E-state index in [2.05, 4.69) is 0 Å². The summed E-state index contributed by atoms with van der Waals surface area (Å²) in [6.07, 6.45) is -0.914. The maximum Gasteiger partial charge on any atom is 0.170 e. The standard InChI is InChI=1S/C11H12F2O3/c1-15-10(16-2)6-9(14)7-4-3-5-8(12)11(7)13/h3-5,10H,6H2,1-2H3. The molecule has 0 aliphatic rings. The Morgan fingerprint density at radius 1 is 1.31 bits per heavy atom. The molecule has 0 unspecified atom stereocenters. The number of rotatable bonds is 5. The smallest absolute Gasteiger partial charge is 0.170 e. The zero-order chi connectivity index (χ0) is 12.1. The number of hydrogen-bond donors (Lipinski definition) is 0. The van der Waals surface area contributed by atoms with Gasteiger partial charge in [0.25, 0.3) is 0 Å². The van der Waals surface area contributed by atoms with Crippen LogP contribution in [0, 0.1) is 11.6 Å². The summed E-state index contributed by atoms with van der Waals surface area (Å²) in [6, 6.07) is 3.46. The average molecular weight is 230 g/mol. The molecule has 0 aromatic heterocycles. The van der Waals surface area contributed by atoms with E-state index >= 15 is 0 Å². The zero-order valence-electron chi connectivity index (χ0n) is 9.00. The molecule has 1 aromatic rings. The first kappa shape index (κ1) is 12.7. The number of ketones is 1. The second kappa shape index (κ2) is 5.67. The average Bonchev–Trinajstić information content (AvgIpc) is 2.29. The highest BCUT2D eigenvalue weighted by atomic mass is 19.2. The summed E-state index contributed by atoms with van der Waals surface area (Å²) in [7, 11) is 2.73. The predicted molar refractivity (Wildman–Crippen MR) is 53.1 cm³/mol. The van der Waals surface area contributed by atoms with E-state index in [1.807, 2.05) is 0 Å². The van der Waals surface area contributed by atoms with E-state index in [1.165, 1.54) is 26.4 Å². The fourth-order valence-corrected chi connectivity index (χ4v) is 1.24. The Labute approximate surface area is 92.0 Å². The van der Waals surface area contributed by atoms with Gasteiger partial charge in [0.1, 0.15) is 0 Å². The summed E-state index contributed by atoms with van der Waals surface area (Å²) in [5.74, 6) is -2.75. The molecule has 0 heterocycles. The second-order valence-electron chi connectivity index (χ2n) is 3.13. The fraction of sp³-hybridized carbons (Fsp3) is 0.364. The van der Waals surface area contributed by atoms with Crippen molar-refractivity contribution in [3.8, 4) is 0 Å². The van der Waals surface area contributed by atoms with Crippen molar-refractivity contribution in [1.82, 2.24) is 0 Å². The lowest BCUT2D eigenvalue weighted by molar-refractivity contribution is -0.0993. The molecule has 1 rings (SSSR count). The minimum absolute atomic E-state index is 0.159. The van der Waals surface area contributed by atoms with Crippen molar-refractivity contribution in [3.63, 3.8) is 0 Å². The molecule has 88 valence electrons. The third kappa shape index (κ3) is 2.84. The molecule has 3 nitrogen and oxygen atoms in total. The molecule has 1 aromatic carbocycles. The van der Waals surface area contributed by atoms with Crippen LogP contribution < -0.4 is 0 Å². The minimum atomic E-state index is -1.14. The van der Waals surface area contributed by atoms with Crippen molar-refractivity contribution in [2.45, 2.75) is 12.7 Å². The summed E-state index contributed by atoms with van der Waals surface area (Å²) in [6.45, 7) is 0. The maximum atomic E-state index is 13.2. The molecule has 0 radical (unpaired) electrons. The first-order valence-electron chi connectivity index (χ1n) is 4.63. The monoisotopic (exact) mass is 230 g/mol. The summed E-state index contributed by atoms with van der Waals surface area (Å²) >= 11 is 0. The first-order chi connectivity index (χ1) is 7.60. The summed E-state index contributed by atoms with van der Waals surface area (Å²) < 4.78 is 35.7. The van der Waals surface area contributed by atoms with E-state index in [0.717, 1.165) is 6.07 Å². The van der Waals surface area contributed by atoms with Crippen molar-refractivity contribution in [2.24, 2.45) is 0 Å². The highest BCUT2D eigenvalue weighted by molar-refractivity contribution is 5.96. The number of ether oxygens (including phenoxy) is 2. The molecule has 0 saturated heterocycles. The Hall–Kier alpha value is -1.33. The Bertz CT molecular complexity index is 375. The molecule has 0 aliphatic carbocycles. The molecular weight excluding hydrogens is 218 g/mol. The van der Waals surface area contributed by atoms with Crippen LogP contribution in [0.25, 0.3) is 0 Å². The van der Waals surface area contributed by atoms with Gasteiger partial charge in [-0.3, -0.25) is 4.79 Å². The van der Waals surface area contributed by atoms with Crippen LogP contribution in [0.15, 0.2) is 18.2 Å². The van der Waals surface area contributed by atoms with E-state index in [9.17, 15) is 13.6 Å². The van der Waals surface area contributed by atoms with Crippen LogP contribution in [0.1, 0.15) is 16.8 Å². The third-order valence-electron chi connectivity index (χ3n) is 2.13. The van der Waals surface area contributed by atoms with Gasteiger partial charge in [-0.1, -0.05) is 6.07 Å². The van der Waals surface area contributed by atoms with Gasteiger partial charge >= 0.3 is 0 Å². The van der Waals surface area contributed by atoms with E-state index in [4.69, 9.17) is 9.47 Å². The van der Waals surface area contributed by atoms with E-state index in [0.29, 0.717) is 0 Å². The molecule has 5 heteroatoms. The van der Waals surface area contributed by atoms with Crippen LogP contribution in [0.3, 0.4) is 0 Å². The molecule has 0 fully saturated rings. The SMILES string of the molecule is COC(CC(=O)c1cccc(F)c1F)OC. The predicted octanol–water partition coefficient (Wildman–Crippen LogP) is 2.16. The number of halogens is 2. The molecule has 0 bridgehead atoms. The molecule has 0 N–H and O–H groups in total. The lowest BCUT2D eigenvalue weighted by atomic mass is 10.1. The lowest BCUT2D eigenvalue weighted by Crippen LogP contribution is -2.19. The Morgan fingerprint density at radius 2 is 1.94 bits per heavy atom. The number of carbonyl (C=O) groups is 1. The summed E-state index contributed by atoms with van der Waals surface area (Å²) in [4.78, 5) is 11.6. The second-order valence-corrected chi connectivity index (χ2v) is 3.13. The van der Waals surface area contributed by atoms with E-state index in [1.54, 1.807) is 0 Å². The van der Waals surface area contributed by atoms with Crippen molar-refractivity contribution >= 4 is 5.78 Å². The topological polar surface area (TPSA) is 35.5 Å². The molecule has 0 amide bonds. The zero-order valence-corrected chi connectivity index (χ0v) is 9.00. The summed E-state index contributed by atoms with van der Waals surface area (Å²) in [5, 5.41) is 0. The summed E-state index contributed by atoms with van der Waals surface area (Å²) in [5.41, 5.74) is -0.292. The van der Waals surface area contributed by atoms with Crippen LogP contribution in [0.2, 0.25) is 0 Å². The van der Waals surface area contributed by atoms with Crippen molar-refractivity contribution in [2.75, 3.05) is 14.2 Å². The van der Waals surface area contributed by atoms with Gasteiger partial charge in [-0.25, -0.2) is 8.78 Å². The van der Waals surface area contributed by atoms with Crippen molar-refractivity contribution in [1.29, 1.82) is 0 Å². The lowest BCUT2D eigenvalue weighted by Gasteiger charge is -2.12. The van der Waals surface area contributed by atoms with Gasteiger partial charge in [0, 0.05) is 14.2 Å². The number of methoxy groups -OCH3 is 2. The molecule has 0 atom stereocenters. The van der Waals surface area contributed by atoms with Gasteiger partial charge in [0.2, 0.25) is 0 Å². The molecule has 0 spiro atoms. The van der Waals surface area contributed by atoms with Gasteiger partial charge < -0.3 is 9.47 Å². The normalized spacial score (nSPS) is 10.8. The molecular formula is C11H12F2O3. The van der Waals surface area contributed by atoms with Gasteiger partial charge in [-0.15, -0.1) is 0 Å². The Balaban J connectivity index is 2.84. The largest absolute Gasteiger partial charge is 0.355 e. The van der Waals surface area contributed by atoms with Gasteiger partial charge in [-0.05, 0) is 12.1 Å². The number of carbonyl (C=O) groups excluding carboxylic acids is 1.